The van der Waals surface area contributed by atoms with Crippen LogP contribution in [-0.2, 0) is 15.0 Å². The summed E-state index contributed by atoms with van der Waals surface area (Å²) in [5.41, 5.74) is 5.24. The number of rotatable bonds is 5. The van der Waals surface area contributed by atoms with Crippen molar-refractivity contribution in [1.29, 1.82) is 0 Å². The molecule has 4 N–H and O–H groups in total. The Morgan fingerprint density at radius 3 is 1.95 bits per heavy atom. The molecule has 19 heavy (non-hydrogen) atoms. The second-order valence-corrected chi connectivity index (χ2v) is 6.47. The van der Waals surface area contributed by atoms with Crippen LogP contribution < -0.4 is 10.9 Å². The van der Waals surface area contributed by atoms with Crippen molar-refractivity contribution in [2.45, 2.75) is 26.7 Å². The van der Waals surface area contributed by atoms with Crippen molar-refractivity contribution in [2.24, 2.45) is 16.3 Å². The monoisotopic (exact) mass is 292 g/mol. The second-order valence-electron chi connectivity index (χ2n) is 4.93. The van der Waals surface area contributed by atoms with E-state index in [4.69, 9.17) is 10.9 Å². The highest BCUT2D eigenvalue weighted by Gasteiger charge is 2.38. The van der Waals surface area contributed by atoms with Gasteiger partial charge in [0.1, 0.15) is 0 Å². The molecule has 0 unspecified atom stereocenters. The maximum Gasteiger partial charge on any atom is 0.277 e. The lowest BCUT2D eigenvalue weighted by molar-refractivity contribution is -0.143. The summed E-state index contributed by atoms with van der Waals surface area (Å²) in [5, 5.41) is 5.07. The van der Waals surface area contributed by atoms with Crippen LogP contribution in [-0.4, -0.2) is 56.3 Å². The molecule has 0 spiro atoms. The summed E-state index contributed by atoms with van der Waals surface area (Å²) in [6.07, 6.45) is 1.38. The second kappa shape index (κ2) is 6.17. The van der Waals surface area contributed by atoms with Gasteiger partial charge in [-0.25, -0.2) is 5.14 Å². The number of nitrogens with zero attached hydrogens (tertiary/aromatic N) is 2. The van der Waals surface area contributed by atoms with Crippen LogP contribution in [0.2, 0.25) is 0 Å². The van der Waals surface area contributed by atoms with E-state index in [0.717, 1.165) is 0 Å². The Labute approximate surface area is 115 Å². The lowest BCUT2D eigenvalue weighted by Crippen LogP contribution is -2.56. The summed E-state index contributed by atoms with van der Waals surface area (Å²) in [7, 11) is -3.66. The van der Waals surface area contributed by atoms with Crippen LogP contribution in [0.3, 0.4) is 0 Å². The highest BCUT2D eigenvalue weighted by atomic mass is 32.2. The highest BCUT2D eigenvalue weighted by molar-refractivity contribution is 7.86. The van der Waals surface area contributed by atoms with Gasteiger partial charge in [-0.2, -0.15) is 12.7 Å². The molecule has 112 valence electrons. The molecule has 8 heteroatoms. The normalized spacial score (nSPS) is 18.6. The zero-order valence-corrected chi connectivity index (χ0v) is 12.4. The molecule has 0 radical (unpaired) electrons. The van der Waals surface area contributed by atoms with E-state index >= 15 is 0 Å². The van der Waals surface area contributed by atoms with Crippen molar-refractivity contribution >= 4 is 16.1 Å². The molecule has 0 aromatic carbocycles. The topological polar surface area (TPSA) is 110 Å². The summed E-state index contributed by atoms with van der Waals surface area (Å²) in [6.45, 7) is 5.46. The molecule has 0 bridgehead atoms. The van der Waals surface area contributed by atoms with Gasteiger partial charge in [-0.1, -0.05) is 13.8 Å². The van der Waals surface area contributed by atoms with E-state index in [1.165, 1.54) is 4.31 Å². The van der Waals surface area contributed by atoms with Crippen molar-refractivity contribution in [3.8, 4) is 0 Å². The average molecular weight is 292 g/mol. The minimum atomic E-state index is -3.66. The molecular formula is C11H24N4O3S. The van der Waals surface area contributed by atoms with Gasteiger partial charge in [-0.3, -0.25) is 4.79 Å². The molecule has 1 rings (SSSR count). The highest BCUT2D eigenvalue weighted by Crippen LogP contribution is 2.28. The van der Waals surface area contributed by atoms with Gasteiger partial charge in [-0.05, 0) is 12.8 Å². The first kappa shape index (κ1) is 16.4. The molecule has 0 aliphatic carbocycles. The number of carbonyl (C=O) groups excluding carboxylic acids is 1. The Kier molecular flexibility index (Phi) is 5.31. The van der Waals surface area contributed by atoms with Gasteiger partial charge in [0.25, 0.3) is 10.2 Å². The summed E-state index contributed by atoms with van der Waals surface area (Å²) >= 11 is 0. The third-order valence-electron chi connectivity index (χ3n) is 4.08. The Morgan fingerprint density at radius 1 is 1.16 bits per heavy atom. The van der Waals surface area contributed by atoms with E-state index in [-0.39, 0.29) is 19.0 Å². The van der Waals surface area contributed by atoms with Crippen LogP contribution in [0.5, 0.6) is 0 Å². The van der Waals surface area contributed by atoms with Gasteiger partial charge in [0.15, 0.2) is 0 Å². The number of hydrogen-bond acceptors (Lipinski definition) is 4. The summed E-state index contributed by atoms with van der Waals surface area (Å²) in [4.78, 5) is 14.2. The van der Waals surface area contributed by atoms with E-state index < -0.39 is 15.6 Å². The fourth-order valence-electron chi connectivity index (χ4n) is 2.41. The van der Waals surface area contributed by atoms with Crippen molar-refractivity contribution < 1.29 is 13.2 Å². The van der Waals surface area contributed by atoms with Crippen molar-refractivity contribution in [3.63, 3.8) is 0 Å². The number of nitrogens with two attached hydrogens (primary N) is 2. The molecule has 1 saturated heterocycles. The van der Waals surface area contributed by atoms with Gasteiger partial charge in [0.2, 0.25) is 5.91 Å². The molecular weight excluding hydrogens is 268 g/mol. The number of piperazine rings is 1. The summed E-state index contributed by atoms with van der Waals surface area (Å²) in [5.74, 6) is 0.0223. The number of hydrogen-bond donors (Lipinski definition) is 2. The van der Waals surface area contributed by atoms with E-state index in [2.05, 4.69) is 0 Å². The molecule has 0 aromatic rings. The molecule has 0 saturated carbocycles. The summed E-state index contributed by atoms with van der Waals surface area (Å²) < 4.78 is 23.6. The van der Waals surface area contributed by atoms with Crippen molar-refractivity contribution in [2.75, 3.05) is 32.7 Å². The standard InChI is InChI=1S/C11H24N4O3S/c1-3-11(4-2,9-12)10(16)14-5-7-15(8-6-14)19(13,17)18/h3-9,12H2,1-2H3,(H2,13,17,18). The lowest BCUT2D eigenvalue weighted by Gasteiger charge is -2.39. The van der Waals surface area contributed by atoms with E-state index in [0.29, 0.717) is 32.5 Å². The number of amides is 1. The van der Waals surface area contributed by atoms with Crippen molar-refractivity contribution in [3.05, 3.63) is 0 Å². The molecule has 1 amide bonds. The molecule has 7 nitrogen and oxygen atoms in total. The third-order valence-corrected chi connectivity index (χ3v) is 5.17. The van der Waals surface area contributed by atoms with Crippen LogP contribution >= 0.6 is 0 Å². The predicted molar refractivity (Wildman–Crippen MR) is 73.3 cm³/mol. The lowest BCUT2D eigenvalue weighted by atomic mass is 9.81. The van der Waals surface area contributed by atoms with Gasteiger partial charge in [0.05, 0.1) is 5.41 Å². The molecule has 0 aromatic heterocycles. The molecule has 1 fully saturated rings. The predicted octanol–water partition coefficient (Wildman–Crippen LogP) is -0.901. The van der Waals surface area contributed by atoms with Gasteiger partial charge in [-0.15, -0.1) is 0 Å². The fraction of sp³-hybridized carbons (Fsp3) is 0.909. The number of carbonyl (C=O) groups is 1. The Morgan fingerprint density at radius 2 is 1.63 bits per heavy atom. The first-order valence-electron chi connectivity index (χ1n) is 6.58. The maximum absolute atomic E-state index is 12.5. The third kappa shape index (κ3) is 3.44. The maximum atomic E-state index is 12.5. The van der Waals surface area contributed by atoms with Gasteiger partial charge >= 0.3 is 0 Å². The largest absolute Gasteiger partial charge is 0.340 e. The van der Waals surface area contributed by atoms with E-state index in [9.17, 15) is 13.2 Å². The fourth-order valence-corrected chi connectivity index (χ4v) is 3.08. The Hall–Kier alpha value is -0.700. The Balaban J connectivity index is 2.72. The quantitative estimate of drug-likeness (QED) is 0.684. The van der Waals surface area contributed by atoms with Gasteiger partial charge < -0.3 is 10.6 Å². The molecule has 1 aliphatic heterocycles. The van der Waals surface area contributed by atoms with Crippen LogP contribution in [0.1, 0.15) is 26.7 Å². The minimum absolute atomic E-state index is 0.0223. The first-order valence-corrected chi connectivity index (χ1v) is 8.08. The van der Waals surface area contributed by atoms with E-state index in [1.54, 1.807) is 4.90 Å². The van der Waals surface area contributed by atoms with Crippen molar-refractivity contribution in [1.82, 2.24) is 9.21 Å². The minimum Gasteiger partial charge on any atom is -0.340 e. The zero-order chi connectivity index (χ0) is 14.7. The SMILES string of the molecule is CCC(CC)(CN)C(=O)N1CCN(S(N)(=O)=O)CC1. The molecule has 0 atom stereocenters. The molecule has 1 heterocycles. The first-order chi connectivity index (χ1) is 8.80. The summed E-state index contributed by atoms with van der Waals surface area (Å²) in [6, 6.07) is 0. The van der Waals surface area contributed by atoms with Crippen LogP contribution in [0.15, 0.2) is 0 Å². The zero-order valence-electron chi connectivity index (χ0n) is 11.6. The average Bonchev–Trinajstić information content (AvgIpc) is 2.40. The molecule has 1 aliphatic rings. The smallest absolute Gasteiger partial charge is 0.277 e. The van der Waals surface area contributed by atoms with E-state index in [1.807, 2.05) is 13.8 Å². The Bertz CT molecular complexity index is 403. The van der Waals surface area contributed by atoms with Crippen LogP contribution in [0.4, 0.5) is 0 Å². The van der Waals surface area contributed by atoms with Crippen LogP contribution in [0, 0.1) is 5.41 Å². The van der Waals surface area contributed by atoms with Crippen LogP contribution in [0.25, 0.3) is 0 Å². The van der Waals surface area contributed by atoms with Gasteiger partial charge in [0, 0.05) is 32.7 Å².